The van der Waals surface area contributed by atoms with Gasteiger partial charge in [-0.15, -0.1) is 0 Å². The Labute approximate surface area is 179 Å². The Morgan fingerprint density at radius 1 is 1.13 bits per heavy atom. The Balaban J connectivity index is 1.94. The minimum absolute atomic E-state index is 0.0776. The molecule has 0 aliphatic rings. The second kappa shape index (κ2) is 9.09. The molecule has 6 nitrogen and oxygen atoms in total. The summed E-state index contributed by atoms with van der Waals surface area (Å²) in [4.78, 5) is 21.3. The maximum absolute atomic E-state index is 13.7. The molecule has 0 atom stereocenters. The van der Waals surface area contributed by atoms with Crippen molar-refractivity contribution in [3.8, 4) is 5.88 Å². The van der Waals surface area contributed by atoms with Gasteiger partial charge in [0.15, 0.2) is 0 Å². The first-order valence-electron chi connectivity index (χ1n) is 9.33. The average molecular weight is 429 g/mol. The fourth-order valence-corrected chi connectivity index (χ4v) is 3.12. The number of nitrogens with zero attached hydrogens (tertiary/aromatic N) is 2. The number of nitrogens with one attached hydrogen (secondary N) is 2. The largest absolute Gasteiger partial charge is 0.481 e. The fraction of sp³-hybridized carbons (Fsp3) is 0.227. The standard InChI is InChI=1S/C22H22ClFN4O2/c1-12(2)15-9-14(24)5-6-18(15)27-19-11-25-20(23)10-16(19)22(29)28-17-7-8-21(30-4)26-13(17)3/h5-12,27H,1-4H3,(H,28,29). The van der Waals surface area contributed by atoms with E-state index in [0.717, 1.165) is 5.56 Å². The van der Waals surface area contributed by atoms with Crippen molar-refractivity contribution in [2.24, 2.45) is 0 Å². The molecule has 0 radical (unpaired) electrons. The van der Waals surface area contributed by atoms with E-state index < -0.39 is 0 Å². The van der Waals surface area contributed by atoms with Gasteiger partial charge < -0.3 is 15.4 Å². The van der Waals surface area contributed by atoms with E-state index in [4.69, 9.17) is 16.3 Å². The summed E-state index contributed by atoms with van der Waals surface area (Å²) in [6.45, 7) is 5.70. The van der Waals surface area contributed by atoms with Gasteiger partial charge in [0.25, 0.3) is 5.91 Å². The molecule has 0 bridgehead atoms. The van der Waals surface area contributed by atoms with Crippen molar-refractivity contribution in [3.63, 3.8) is 0 Å². The molecule has 0 saturated heterocycles. The number of pyridine rings is 2. The van der Waals surface area contributed by atoms with E-state index in [-0.39, 0.29) is 22.8 Å². The van der Waals surface area contributed by atoms with Gasteiger partial charge in [-0.2, -0.15) is 0 Å². The minimum Gasteiger partial charge on any atom is -0.481 e. The number of anilines is 3. The number of methoxy groups -OCH3 is 1. The summed E-state index contributed by atoms with van der Waals surface area (Å²) < 4.78 is 18.8. The summed E-state index contributed by atoms with van der Waals surface area (Å²) in [7, 11) is 1.53. The van der Waals surface area contributed by atoms with E-state index in [1.807, 2.05) is 13.8 Å². The second-order valence-corrected chi connectivity index (χ2v) is 7.39. The van der Waals surface area contributed by atoms with Crippen molar-refractivity contribution in [1.82, 2.24) is 9.97 Å². The van der Waals surface area contributed by atoms with Crippen molar-refractivity contribution >= 4 is 34.6 Å². The maximum atomic E-state index is 13.7. The van der Waals surface area contributed by atoms with Gasteiger partial charge in [0.1, 0.15) is 11.0 Å². The number of aryl methyl sites for hydroxylation is 1. The van der Waals surface area contributed by atoms with E-state index in [1.165, 1.54) is 31.5 Å². The van der Waals surface area contributed by atoms with Gasteiger partial charge in [-0.1, -0.05) is 25.4 Å². The summed E-state index contributed by atoms with van der Waals surface area (Å²) >= 11 is 6.04. The quantitative estimate of drug-likeness (QED) is 0.492. The Kier molecular flexibility index (Phi) is 6.52. The van der Waals surface area contributed by atoms with E-state index in [1.54, 1.807) is 25.1 Å². The number of halogens is 2. The van der Waals surface area contributed by atoms with Gasteiger partial charge in [-0.05, 0) is 48.7 Å². The Morgan fingerprint density at radius 3 is 2.53 bits per heavy atom. The molecule has 2 heterocycles. The number of carbonyl (C=O) groups excluding carboxylic acids is 1. The summed E-state index contributed by atoms with van der Waals surface area (Å²) in [5.41, 5.74) is 3.37. The van der Waals surface area contributed by atoms with Crippen LogP contribution in [0, 0.1) is 12.7 Å². The Morgan fingerprint density at radius 2 is 1.87 bits per heavy atom. The highest BCUT2D eigenvalue weighted by molar-refractivity contribution is 6.30. The van der Waals surface area contributed by atoms with Crippen LogP contribution in [0.3, 0.4) is 0 Å². The van der Waals surface area contributed by atoms with Crippen molar-refractivity contribution in [2.75, 3.05) is 17.7 Å². The van der Waals surface area contributed by atoms with Crippen LogP contribution in [0.25, 0.3) is 0 Å². The second-order valence-electron chi connectivity index (χ2n) is 7.00. The number of amides is 1. The maximum Gasteiger partial charge on any atom is 0.257 e. The lowest BCUT2D eigenvalue weighted by atomic mass is 10.0. The smallest absolute Gasteiger partial charge is 0.257 e. The minimum atomic E-state index is -0.384. The molecule has 3 aromatic rings. The van der Waals surface area contributed by atoms with Gasteiger partial charge in [0.2, 0.25) is 5.88 Å². The van der Waals surface area contributed by atoms with Gasteiger partial charge >= 0.3 is 0 Å². The number of aromatic nitrogens is 2. The number of ether oxygens (including phenoxy) is 1. The van der Waals surface area contributed by atoms with Crippen LogP contribution in [0.1, 0.15) is 41.4 Å². The Bertz CT molecular complexity index is 1090. The van der Waals surface area contributed by atoms with Gasteiger partial charge in [-0.25, -0.2) is 14.4 Å². The normalized spacial score (nSPS) is 10.8. The van der Waals surface area contributed by atoms with Gasteiger partial charge in [0, 0.05) is 11.8 Å². The summed E-state index contributed by atoms with van der Waals surface area (Å²) in [6.07, 6.45) is 1.48. The van der Waals surface area contributed by atoms with Crippen molar-refractivity contribution in [3.05, 3.63) is 70.4 Å². The lowest BCUT2D eigenvalue weighted by Crippen LogP contribution is -2.16. The van der Waals surface area contributed by atoms with Gasteiger partial charge in [0.05, 0.1) is 35.9 Å². The zero-order valence-corrected chi connectivity index (χ0v) is 17.8. The molecule has 0 fully saturated rings. The molecular formula is C22H22ClFN4O2. The number of hydrogen-bond acceptors (Lipinski definition) is 5. The number of hydrogen-bond donors (Lipinski definition) is 2. The lowest BCUT2D eigenvalue weighted by Gasteiger charge is -2.17. The van der Waals surface area contributed by atoms with Crippen LogP contribution >= 0.6 is 11.6 Å². The predicted molar refractivity (Wildman–Crippen MR) is 116 cm³/mol. The first-order chi connectivity index (χ1) is 14.3. The molecule has 0 unspecified atom stereocenters. The summed E-state index contributed by atoms with van der Waals surface area (Å²) in [6, 6.07) is 9.33. The van der Waals surface area contributed by atoms with E-state index in [9.17, 15) is 9.18 Å². The molecule has 0 aliphatic heterocycles. The highest BCUT2D eigenvalue weighted by Gasteiger charge is 2.17. The van der Waals surface area contributed by atoms with Crippen LogP contribution in [0.15, 0.2) is 42.6 Å². The molecule has 3 rings (SSSR count). The van der Waals surface area contributed by atoms with E-state index in [2.05, 4.69) is 20.6 Å². The summed E-state index contributed by atoms with van der Waals surface area (Å²) in [5.74, 6) is -0.171. The number of benzene rings is 1. The topological polar surface area (TPSA) is 76.1 Å². The van der Waals surface area contributed by atoms with E-state index in [0.29, 0.717) is 34.2 Å². The van der Waals surface area contributed by atoms with Crippen molar-refractivity contribution < 1.29 is 13.9 Å². The monoisotopic (exact) mass is 428 g/mol. The fourth-order valence-electron chi connectivity index (χ4n) is 2.96. The molecule has 30 heavy (non-hydrogen) atoms. The molecule has 2 N–H and O–H groups in total. The van der Waals surface area contributed by atoms with Crippen LogP contribution in [0.5, 0.6) is 5.88 Å². The van der Waals surface area contributed by atoms with Gasteiger partial charge in [-0.3, -0.25) is 4.79 Å². The molecule has 0 aliphatic carbocycles. The molecular weight excluding hydrogens is 407 g/mol. The third-order valence-corrected chi connectivity index (χ3v) is 4.74. The highest BCUT2D eigenvalue weighted by atomic mass is 35.5. The van der Waals surface area contributed by atoms with Crippen LogP contribution in [0.4, 0.5) is 21.5 Å². The third kappa shape index (κ3) is 4.86. The number of carbonyl (C=O) groups is 1. The molecule has 0 saturated carbocycles. The third-order valence-electron chi connectivity index (χ3n) is 4.54. The van der Waals surface area contributed by atoms with Crippen LogP contribution in [-0.4, -0.2) is 23.0 Å². The first-order valence-corrected chi connectivity index (χ1v) is 9.71. The molecule has 1 amide bonds. The first kappa shape index (κ1) is 21.5. The van der Waals surface area contributed by atoms with E-state index >= 15 is 0 Å². The Hall–Kier alpha value is -3.19. The molecule has 0 spiro atoms. The molecule has 1 aromatic carbocycles. The number of rotatable bonds is 6. The van der Waals surface area contributed by atoms with Crippen molar-refractivity contribution in [1.29, 1.82) is 0 Å². The van der Waals surface area contributed by atoms with Crippen LogP contribution < -0.4 is 15.4 Å². The van der Waals surface area contributed by atoms with Crippen molar-refractivity contribution in [2.45, 2.75) is 26.7 Å². The SMILES string of the molecule is COc1ccc(NC(=O)c2cc(Cl)ncc2Nc2ccc(F)cc2C(C)C)c(C)n1. The average Bonchev–Trinajstić information content (AvgIpc) is 2.71. The van der Waals surface area contributed by atoms with Crippen LogP contribution in [0.2, 0.25) is 5.15 Å². The molecule has 2 aromatic heterocycles. The highest BCUT2D eigenvalue weighted by Crippen LogP contribution is 2.30. The molecule has 8 heteroatoms. The molecule has 156 valence electrons. The zero-order valence-electron chi connectivity index (χ0n) is 17.1. The predicted octanol–water partition coefficient (Wildman–Crippen LogP) is 5.71. The lowest BCUT2D eigenvalue weighted by molar-refractivity contribution is 0.102. The zero-order chi connectivity index (χ0) is 21.8. The van der Waals surface area contributed by atoms with Crippen LogP contribution in [-0.2, 0) is 0 Å². The summed E-state index contributed by atoms with van der Waals surface area (Å²) in [5, 5.41) is 6.21.